The van der Waals surface area contributed by atoms with E-state index in [0.29, 0.717) is 0 Å². The number of hydrogen-bond donors (Lipinski definition) is 0. The second-order valence-electron chi connectivity index (χ2n) is 6.85. The van der Waals surface area contributed by atoms with E-state index < -0.39 is 0 Å². The topological polar surface area (TPSA) is 37.4 Å². The van der Waals surface area contributed by atoms with Crippen molar-refractivity contribution < 1.29 is 9.59 Å². The summed E-state index contributed by atoms with van der Waals surface area (Å²) in [7, 11) is 0. The van der Waals surface area contributed by atoms with Gasteiger partial charge in [-0.05, 0) is 36.1 Å². The van der Waals surface area contributed by atoms with Gasteiger partial charge in [0.15, 0.2) is 0 Å². The number of nitrogens with zero attached hydrogens (tertiary/aromatic N) is 1. The van der Waals surface area contributed by atoms with Gasteiger partial charge in [0.2, 0.25) is 11.8 Å². The summed E-state index contributed by atoms with van der Waals surface area (Å²) in [5.41, 5.74) is 0.743. The predicted molar refractivity (Wildman–Crippen MR) is 88.8 cm³/mol. The van der Waals surface area contributed by atoms with Gasteiger partial charge in [-0.15, -0.1) is 0 Å². The van der Waals surface area contributed by atoms with E-state index in [0.717, 1.165) is 29.3 Å². The highest BCUT2D eigenvalue weighted by atomic mass is 16.2. The van der Waals surface area contributed by atoms with E-state index in [1.54, 1.807) is 0 Å². The minimum atomic E-state index is -0.148. The number of hydrogen-bond acceptors (Lipinski definition) is 2. The smallest absolute Gasteiger partial charge is 0.238 e. The third kappa shape index (κ3) is 1.65. The number of amides is 2. The van der Waals surface area contributed by atoms with Crippen LogP contribution in [0.15, 0.2) is 54.6 Å². The highest BCUT2D eigenvalue weighted by Crippen LogP contribution is 2.50. The molecule has 0 radical (unpaired) electrons. The molecule has 1 aliphatic heterocycles. The van der Waals surface area contributed by atoms with Crippen LogP contribution in [-0.4, -0.2) is 11.8 Å². The van der Waals surface area contributed by atoms with Gasteiger partial charge in [-0.2, -0.15) is 0 Å². The first kappa shape index (κ1) is 13.1. The third-order valence-corrected chi connectivity index (χ3v) is 5.77. The zero-order chi connectivity index (χ0) is 15.6. The quantitative estimate of drug-likeness (QED) is 0.597. The molecule has 2 amide bonds. The Balaban J connectivity index is 1.67. The molecule has 2 aromatic carbocycles. The van der Waals surface area contributed by atoms with E-state index in [-0.39, 0.29) is 35.5 Å². The van der Waals surface area contributed by atoms with Gasteiger partial charge in [0, 0.05) is 5.39 Å². The van der Waals surface area contributed by atoms with E-state index in [4.69, 9.17) is 0 Å². The maximum Gasteiger partial charge on any atom is 0.238 e. The van der Waals surface area contributed by atoms with Gasteiger partial charge in [0.1, 0.15) is 0 Å². The first-order valence-corrected chi connectivity index (χ1v) is 8.29. The summed E-state index contributed by atoms with van der Waals surface area (Å²) < 4.78 is 0. The van der Waals surface area contributed by atoms with E-state index in [2.05, 4.69) is 12.2 Å². The number of benzene rings is 2. The molecule has 3 aliphatic carbocycles. The fraction of sp³-hybridized carbons (Fsp3) is 0.300. The van der Waals surface area contributed by atoms with E-state index in [1.807, 2.05) is 42.5 Å². The average molecular weight is 303 g/mol. The van der Waals surface area contributed by atoms with Crippen molar-refractivity contribution in [1.29, 1.82) is 0 Å². The fourth-order valence-corrected chi connectivity index (χ4v) is 4.71. The Labute approximate surface area is 134 Å². The van der Waals surface area contributed by atoms with Crippen LogP contribution < -0.4 is 4.90 Å². The highest BCUT2D eigenvalue weighted by molar-refractivity contribution is 6.25. The first-order valence-electron chi connectivity index (χ1n) is 8.29. The van der Waals surface area contributed by atoms with Gasteiger partial charge in [0.25, 0.3) is 0 Å². The van der Waals surface area contributed by atoms with E-state index >= 15 is 0 Å². The van der Waals surface area contributed by atoms with Gasteiger partial charge >= 0.3 is 0 Å². The largest absolute Gasteiger partial charge is 0.274 e. The molecule has 3 heteroatoms. The average Bonchev–Trinajstić information content (AvgIpc) is 2.89. The van der Waals surface area contributed by atoms with Crippen molar-refractivity contribution in [3.8, 4) is 0 Å². The van der Waals surface area contributed by atoms with Crippen LogP contribution in [0.25, 0.3) is 10.8 Å². The minimum absolute atomic E-state index is 0.00426. The summed E-state index contributed by atoms with van der Waals surface area (Å²) in [6.45, 7) is 0. The maximum absolute atomic E-state index is 13.1. The summed E-state index contributed by atoms with van der Waals surface area (Å²) in [6, 6.07) is 13.8. The van der Waals surface area contributed by atoms with Crippen LogP contribution in [0.3, 0.4) is 0 Å². The second kappa shape index (κ2) is 4.54. The van der Waals surface area contributed by atoms with Crippen LogP contribution >= 0.6 is 0 Å². The molecule has 114 valence electrons. The lowest BCUT2D eigenvalue weighted by Gasteiger charge is -2.38. The summed E-state index contributed by atoms with van der Waals surface area (Å²) >= 11 is 0. The monoisotopic (exact) mass is 303 g/mol. The Kier molecular flexibility index (Phi) is 2.58. The van der Waals surface area contributed by atoms with Crippen molar-refractivity contribution in [2.45, 2.75) is 12.8 Å². The van der Waals surface area contributed by atoms with Crippen LogP contribution in [0.1, 0.15) is 12.8 Å². The molecule has 2 fully saturated rings. The molecule has 0 spiro atoms. The van der Waals surface area contributed by atoms with Crippen LogP contribution in [0, 0.1) is 23.7 Å². The fourth-order valence-electron chi connectivity index (χ4n) is 4.71. The van der Waals surface area contributed by atoms with Crippen LogP contribution in [-0.2, 0) is 9.59 Å². The Hall–Kier alpha value is -2.42. The number of allylic oxidation sites excluding steroid dienone is 2. The molecule has 1 heterocycles. The minimum Gasteiger partial charge on any atom is -0.274 e. The van der Waals surface area contributed by atoms with Gasteiger partial charge in [0.05, 0.1) is 17.5 Å². The highest BCUT2D eigenvalue weighted by Gasteiger charge is 2.57. The maximum atomic E-state index is 13.1. The van der Waals surface area contributed by atoms with Crippen molar-refractivity contribution in [2.75, 3.05) is 4.90 Å². The number of anilines is 1. The van der Waals surface area contributed by atoms with E-state index in [9.17, 15) is 9.59 Å². The van der Waals surface area contributed by atoms with Crippen molar-refractivity contribution in [3.05, 3.63) is 54.6 Å². The van der Waals surface area contributed by atoms with Crippen molar-refractivity contribution in [3.63, 3.8) is 0 Å². The molecule has 1 saturated heterocycles. The second-order valence-corrected chi connectivity index (χ2v) is 6.85. The van der Waals surface area contributed by atoms with Crippen LogP contribution in [0.5, 0.6) is 0 Å². The Morgan fingerprint density at radius 2 is 1.39 bits per heavy atom. The zero-order valence-electron chi connectivity index (χ0n) is 12.7. The molecular weight excluding hydrogens is 286 g/mol. The number of fused-ring (bicyclic) bond motifs is 2. The molecular formula is C20H17NO2. The normalized spacial score (nSPS) is 31.9. The molecule has 4 aliphatic rings. The summed E-state index contributed by atoms with van der Waals surface area (Å²) in [5, 5.41) is 2.03. The molecule has 2 bridgehead atoms. The van der Waals surface area contributed by atoms with Gasteiger partial charge < -0.3 is 0 Å². The summed E-state index contributed by atoms with van der Waals surface area (Å²) in [5.74, 6) is 0.170. The molecule has 4 atom stereocenters. The van der Waals surface area contributed by atoms with Crippen molar-refractivity contribution in [2.24, 2.45) is 23.7 Å². The Bertz CT molecular complexity index is 832. The van der Waals surface area contributed by atoms with Gasteiger partial charge in [-0.25, -0.2) is 4.90 Å². The first-order chi connectivity index (χ1) is 11.3. The third-order valence-electron chi connectivity index (χ3n) is 5.77. The Morgan fingerprint density at radius 1 is 0.783 bits per heavy atom. The van der Waals surface area contributed by atoms with Gasteiger partial charge in [-0.3, -0.25) is 9.59 Å². The van der Waals surface area contributed by atoms with E-state index in [1.165, 1.54) is 4.90 Å². The summed E-state index contributed by atoms with van der Waals surface area (Å²) in [6.07, 6.45) is 6.38. The Morgan fingerprint density at radius 3 is 2.04 bits per heavy atom. The summed E-state index contributed by atoms with van der Waals surface area (Å²) in [4.78, 5) is 27.6. The predicted octanol–water partition coefficient (Wildman–Crippen LogP) is 3.54. The molecule has 2 aromatic rings. The lowest BCUT2D eigenvalue weighted by atomic mass is 9.63. The van der Waals surface area contributed by atoms with Crippen molar-refractivity contribution >= 4 is 28.3 Å². The molecule has 3 nitrogen and oxygen atoms in total. The van der Waals surface area contributed by atoms with Crippen LogP contribution in [0.2, 0.25) is 0 Å². The number of rotatable bonds is 1. The molecule has 6 rings (SSSR count). The number of imide groups is 1. The lowest BCUT2D eigenvalue weighted by molar-refractivity contribution is -0.124. The standard InChI is InChI=1S/C20H17NO2/c22-19-17-13-8-9-14(11-10-13)18(17)20(23)21(19)16-7-3-5-12-4-1-2-6-15(12)16/h1-9,13-14,17-18H,10-11H2. The molecule has 4 unspecified atom stereocenters. The number of carbonyl (C=O) groups is 2. The number of carbonyl (C=O) groups excluding carboxylic acids is 2. The SMILES string of the molecule is O=C1C2C3C=CC(CC3)C2C(=O)N1c1cccc2ccccc12. The van der Waals surface area contributed by atoms with Crippen molar-refractivity contribution in [1.82, 2.24) is 0 Å². The zero-order valence-corrected chi connectivity index (χ0v) is 12.7. The molecule has 0 N–H and O–H groups in total. The van der Waals surface area contributed by atoms with Crippen LogP contribution in [0.4, 0.5) is 5.69 Å². The lowest BCUT2D eigenvalue weighted by Crippen LogP contribution is -2.38. The molecule has 23 heavy (non-hydrogen) atoms. The van der Waals surface area contributed by atoms with Gasteiger partial charge in [-0.1, -0.05) is 48.6 Å². The molecule has 0 aromatic heterocycles. The molecule has 1 saturated carbocycles.